The van der Waals surface area contributed by atoms with Crippen molar-refractivity contribution in [2.24, 2.45) is 0 Å². The summed E-state index contributed by atoms with van der Waals surface area (Å²) in [5.74, 6) is 0.451. The molecule has 1 aromatic carbocycles. The molecule has 1 saturated carbocycles. The van der Waals surface area contributed by atoms with Crippen LogP contribution in [0, 0.1) is 0 Å². The summed E-state index contributed by atoms with van der Waals surface area (Å²) in [6.07, 6.45) is 8.39. The third-order valence-corrected chi connectivity index (χ3v) is 4.81. The first-order valence-electron chi connectivity index (χ1n) is 8.91. The van der Waals surface area contributed by atoms with Crippen molar-refractivity contribution in [3.8, 4) is 17.1 Å². The Labute approximate surface area is 162 Å². The SMILES string of the molecule is O=C(Cc1cnc(OC2CCC2)c(-c2ccc(Cl)cc2)n1)c1cccnc1. The highest BCUT2D eigenvalue weighted by Crippen LogP contribution is 2.31. The molecular weight excluding hydrogens is 362 g/mol. The van der Waals surface area contributed by atoms with Gasteiger partial charge >= 0.3 is 0 Å². The maximum atomic E-state index is 12.5. The summed E-state index contributed by atoms with van der Waals surface area (Å²) in [6.45, 7) is 0. The molecule has 27 heavy (non-hydrogen) atoms. The number of benzene rings is 1. The second-order valence-corrected chi connectivity index (χ2v) is 6.97. The topological polar surface area (TPSA) is 65.0 Å². The Morgan fingerprint density at radius 3 is 2.63 bits per heavy atom. The predicted octanol–water partition coefficient (Wildman–Crippen LogP) is 4.55. The van der Waals surface area contributed by atoms with Crippen LogP contribution in [0.4, 0.5) is 0 Å². The van der Waals surface area contributed by atoms with Crippen LogP contribution >= 0.6 is 11.6 Å². The average Bonchev–Trinajstić information content (AvgIpc) is 2.67. The first-order chi connectivity index (χ1) is 13.2. The molecule has 1 aliphatic rings. The van der Waals surface area contributed by atoms with Crippen molar-refractivity contribution in [1.82, 2.24) is 15.0 Å². The smallest absolute Gasteiger partial charge is 0.240 e. The van der Waals surface area contributed by atoms with Crippen LogP contribution in [0.25, 0.3) is 11.3 Å². The van der Waals surface area contributed by atoms with Crippen molar-refractivity contribution in [2.75, 3.05) is 0 Å². The molecule has 1 fully saturated rings. The van der Waals surface area contributed by atoms with E-state index in [0.29, 0.717) is 27.9 Å². The monoisotopic (exact) mass is 379 g/mol. The Balaban J connectivity index is 1.64. The zero-order chi connectivity index (χ0) is 18.6. The molecule has 1 aliphatic carbocycles. The summed E-state index contributed by atoms with van der Waals surface area (Å²) >= 11 is 6.00. The minimum absolute atomic E-state index is 0.0490. The summed E-state index contributed by atoms with van der Waals surface area (Å²) in [5.41, 5.74) is 2.64. The number of hydrogen-bond acceptors (Lipinski definition) is 5. The fourth-order valence-electron chi connectivity index (χ4n) is 2.82. The van der Waals surface area contributed by atoms with Crippen LogP contribution in [0.1, 0.15) is 35.3 Å². The average molecular weight is 380 g/mol. The van der Waals surface area contributed by atoms with Gasteiger partial charge in [-0.05, 0) is 43.5 Å². The van der Waals surface area contributed by atoms with Crippen LogP contribution in [0.5, 0.6) is 5.88 Å². The van der Waals surface area contributed by atoms with Gasteiger partial charge in [-0.25, -0.2) is 9.97 Å². The van der Waals surface area contributed by atoms with E-state index in [1.165, 1.54) is 6.42 Å². The molecule has 0 aliphatic heterocycles. The minimum atomic E-state index is -0.0490. The summed E-state index contributed by atoms with van der Waals surface area (Å²) in [6, 6.07) is 10.9. The van der Waals surface area contributed by atoms with Gasteiger partial charge in [0.1, 0.15) is 11.8 Å². The zero-order valence-corrected chi connectivity index (χ0v) is 15.4. The zero-order valence-electron chi connectivity index (χ0n) is 14.6. The van der Waals surface area contributed by atoms with Crippen LogP contribution in [-0.2, 0) is 6.42 Å². The lowest BCUT2D eigenvalue weighted by atomic mass is 9.96. The lowest BCUT2D eigenvalue weighted by Crippen LogP contribution is -2.25. The lowest BCUT2D eigenvalue weighted by Gasteiger charge is -2.26. The Hall–Kier alpha value is -2.79. The predicted molar refractivity (Wildman–Crippen MR) is 103 cm³/mol. The first kappa shape index (κ1) is 17.6. The Bertz CT molecular complexity index is 941. The van der Waals surface area contributed by atoms with Gasteiger partial charge in [-0.3, -0.25) is 9.78 Å². The number of pyridine rings is 1. The molecule has 136 valence electrons. The van der Waals surface area contributed by atoms with Crippen LogP contribution in [0.3, 0.4) is 0 Å². The minimum Gasteiger partial charge on any atom is -0.473 e. The Morgan fingerprint density at radius 2 is 1.96 bits per heavy atom. The molecule has 0 bridgehead atoms. The van der Waals surface area contributed by atoms with E-state index in [1.807, 2.05) is 12.1 Å². The molecule has 4 rings (SSSR count). The largest absolute Gasteiger partial charge is 0.473 e. The quantitative estimate of drug-likeness (QED) is 0.588. The van der Waals surface area contributed by atoms with E-state index >= 15 is 0 Å². The van der Waals surface area contributed by atoms with Gasteiger partial charge in [0, 0.05) is 28.5 Å². The molecule has 2 heterocycles. The van der Waals surface area contributed by atoms with E-state index < -0.39 is 0 Å². The van der Waals surface area contributed by atoms with Crippen molar-refractivity contribution < 1.29 is 9.53 Å². The number of nitrogens with zero attached hydrogens (tertiary/aromatic N) is 3. The van der Waals surface area contributed by atoms with E-state index in [4.69, 9.17) is 16.3 Å². The molecule has 0 unspecified atom stereocenters. The third kappa shape index (κ3) is 4.14. The van der Waals surface area contributed by atoms with Gasteiger partial charge in [0.2, 0.25) is 5.88 Å². The van der Waals surface area contributed by atoms with Gasteiger partial charge in [-0.15, -0.1) is 0 Å². The standard InChI is InChI=1S/C21H18ClN3O2/c22-16-8-6-14(7-9-16)20-21(27-18-4-1-5-18)24-13-17(25-20)11-19(26)15-3-2-10-23-12-15/h2-3,6-10,12-13,18H,1,4-5,11H2. The number of rotatable bonds is 6. The van der Waals surface area contributed by atoms with Crippen molar-refractivity contribution >= 4 is 17.4 Å². The van der Waals surface area contributed by atoms with Crippen molar-refractivity contribution in [2.45, 2.75) is 31.8 Å². The Morgan fingerprint density at radius 1 is 1.15 bits per heavy atom. The molecule has 5 nitrogen and oxygen atoms in total. The normalized spacial score (nSPS) is 13.8. The van der Waals surface area contributed by atoms with Gasteiger partial charge in [0.15, 0.2) is 5.78 Å². The number of carbonyl (C=O) groups excluding carboxylic acids is 1. The molecule has 0 N–H and O–H groups in total. The van der Waals surface area contributed by atoms with E-state index in [0.717, 1.165) is 18.4 Å². The lowest BCUT2D eigenvalue weighted by molar-refractivity contribution is 0.0990. The number of hydrogen-bond donors (Lipinski definition) is 0. The summed E-state index contributed by atoms with van der Waals surface area (Å²) in [7, 11) is 0. The molecule has 6 heteroatoms. The van der Waals surface area contributed by atoms with Crippen molar-refractivity contribution in [1.29, 1.82) is 0 Å². The van der Waals surface area contributed by atoms with Gasteiger partial charge in [0.25, 0.3) is 0 Å². The van der Waals surface area contributed by atoms with Crippen LogP contribution in [-0.4, -0.2) is 26.8 Å². The number of halogens is 1. The van der Waals surface area contributed by atoms with E-state index in [-0.39, 0.29) is 18.3 Å². The van der Waals surface area contributed by atoms with Crippen molar-refractivity contribution in [3.05, 3.63) is 71.3 Å². The maximum Gasteiger partial charge on any atom is 0.240 e. The number of ketones is 1. The van der Waals surface area contributed by atoms with E-state index in [1.54, 1.807) is 42.9 Å². The van der Waals surface area contributed by atoms with Gasteiger partial charge < -0.3 is 4.74 Å². The highest BCUT2D eigenvalue weighted by atomic mass is 35.5. The number of ether oxygens (including phenoxy) is 1. The van der Waals surface area contributed by atoms with E-state index in [2.05, 4.69) is 15.0 Å². The molecule has 3 aromatic rings. The van der Waals surface area contributed by atoms with Crippen LogP contribution < -0.4 is 4.74 Å². The molecular formula is C21H18ClN3O2. The molecule has 0 saturated heterocycles. The third-order valence-electron chi connectivity index (χ3n) is 4.56. The van der Waals surface area contributed by atoms with Gasteiger partial charge in [-0.2, -0.15) is 0 Å². The van der Waals surface area contributed by atoms with Gasteiger partial charge in [0.05, 0.1) is 18.3 Å². The fourth-order valence-corrected chi connectivity index (χ4v) is 2.95. The molecule has 0 spiro atoms. The van der Waals surface area contributed by atoms with Crippen LogP contribution in [0.2, 0.25) is 5.02 Å². The van der Waals surface area contributed by atoms with Crippen LogP contribution in [0.15, 0.2) is 55.0 Å². The maximum absolute atomic E-state index is 12.5. The molecule has 0 atom stereocenters. The second kappa shape index (κ2) is 7.84. The number of carbonyl (C=O) groups is 1. The summed E-state index contributed by atoms with van der Waals surface area (Å²) in [4.78, 5) is 25.6. The first-order valence-corrected chi connectivity index (χ1v) is 9.28. The fraction of sp³-hybridized carbons (Fsp3) is 0.238. The van der Waals surface area contributed by atoms with E-state index in [9.17, 15) is 4.79 Å². The second-order valence-electron chi connectivity index (χ2n) is 6.53. The summed E-state index contributed by atoms with van der Waals surface area (Å²) in [5, 5.41) is 0.649. The highest BCUT2D eigenvalue weighted by molar-refractivity contribution is 6.30. The molecule has 2 aromatic heterocycles. The Kier molecular flexibility index (Phi) is 5.12. The molecule has 0 radical (unpaired) electrons. The molecule has 0 amide bonds. The number of aromatic nitrogens is 3. The summed E-state index contributed by atoms with van der Waals surface area (Å²) < 4.78 is 6.01. The number of Topliss-reactive ketones (excluding diaryl/α,β-unsaturated/α-hetero) is 1. The van der Waals surface area contributed by atoms with Gasteiger partial charge in [-0.1, -0.05) is 23.7 Å². The van der Waals surface area contributed by atoms with Crippen molar-refractivity contribution in [3.63, 3.8) is 0 Å². The highest BCUT2D eigenvalue weighted by Gasteiger charge is 2.23.